The zero-order chi connectivity index (χ0) is 20.3. The van der Waals surface area contributed by atoms with Gasteiger partial charge >= 0.3 is 0 Å². The van der Waals surface area contributed by atoms with Gasteiger partial charge in [0.2, 0.25) is 5.91 Å². The first-order valence-electron chi connectivity index (χ1n) is 9.60. The number of benzene rings is 1. The highest BCUT2D eigenvalue weighted by molar-refractivity contribution is 14.0. The zero-order valence-electron chi connectivity index (χ0n) is 16.9. The van der Waals surface area contributed by atoms with Crippen LogP contribution in [0.15, 0.2) is 70.5 Å². The molecule has 3 rings (SSSR count). The average molecular weight is 522 g/mol. The van der Waals surface area contributed by atoms with E-state index >= 15 is 0 Å². The van der Waals surface area contributed by atoms with E-state index in [2.05, 4.69) is 38.2 Å². The highest BCUT2D eigenvalue weighted by Crippen LogP contribution is 2.11. The van der Waals surface area contributed by atoms with Crippen molar-refractivity contribution >= 4 is 35.8 Å². The van der Waals surface area contributed by atoms with Gasteiger partial charge in [0.15, 0.2) is 5.96 Å². The highest BCUT2D eigenvalue weighted by Gasteiger charge is 2.06. The van der Waals surface area contributed by atoms with Crippen molar-refractivity contribution in [3.63, 3.8) is 0 Å². The third kappa shape index (κ3) is 7.54. The average Bonchev–Trinajstić information content (AvgIpc) is 3.43. The normalized spacial score (nSPS) is 10.9. The highest BCUT2D eigenvalue weighted by atomic mass is 127. The van der Waals surface area contributed by atoms with E-state index in [-0.39, 0.29) is 36.4 Å². The first-order chi connectivity index (χ1) is 14.2. The van der Waals surface area contributed by atoms with E-state index in [0.717, 1.165) is 11.1 Å². The number of aliphatic imine (C=N–C) groups is 1. The van der Waals surface area contributed by atoms with E-state index in [1.165, 1.54) is 0 Å². The molecule has 0 aliphatic heterocycles. The van der Waals surface area contributed by atoms with Gasteiger partial charge in [0.25, 0.3) is 0 Å². The number of aromatic nitrogens is 2. The number of amides is 1. The summed E-state index contributed by atoms with van der Waals surface area (Å²) in [5, 5.41) is 13.3. The van der Waals surface area contributed by atoms with Crippen molar-refractivity contribution in [2.75, 3.05) is 13.1 Å². The van der Waals surface area contributed by atoms with Crippen LogP contribution in [-0.2, 0) is 24.4 Å². The summed E-state index contributed by atoms with van der Waals surface area (Å²) in [6.07, 6.45) is 5.29. The topological polar surface area (TPSA) is 96.5 Å². The van der Waals surface area contributed by atoms with E-state index < -0.39 is 0 Å². The monoisotopic (exact) mass is 522 g/mol. The van der Waals surface area contributed by atoms with Gasteiger partial charge in [0, 0.05) is 18.9 Å². The Hall–Kier alpha value is -2.82. The van der Waals surface area contributed by atoms with Crippen LogP contribution in [0.25, 0.3) is 0 Å². The predicted octanol–water partition coefficient (Wildman–Crippen LogP) is 2.51. The first-order valence-corrected chi connectivity index (χ1v) is 9.60. The number of carbonyl (C=O) groups is 1. The Morgan fingerprint density at radius 3 is 2.63 bits per heavy atom. The molecule has 1 amide bonds. The molecule has 8 nitrogen and oxygen atoms in total. The Kier molecular flexibility index (Phi) is 9.92. The lowest BCUT2D eigenvalue weighted by molar-refractivity contribution is -0.120. The molecule has 0 atom stereocenters. The fourth-order valence-electron chi connectivity index (χ4n) is 2.77. The summed E-state index contributed by atoms with van der Waals surface area (Å²) in [5.74, 6) is 1.17. The fourth-order valence-corrected chi connectivity index (χ4v) is 2.77. The van der Waals surface area contributed by atoms with E-state index in [1.807, 2.05) is 42.1 Å². The number of guanidine groups is 1. The molecule has 0 saturated carbocycles. The number of hydrogen-bond acceptors (Lipinski definition) is 4. The minimum Gasteiger partial charge on any atom is -0.467 e. The molecular weight excluding hydrogens is 495 g/mol. The molecule has 2 heterocycles. The number of furan rings is 1. The second kappa shape index (κ2) is 12.7. The fraction of sp³-hybridized carbons (Fsp3) is 0.286. The summed E-state index contributed by atoms with van der Waals surface area (Å²) in [7, 11) is 0. The third-order valence-electron chi connectivity index (χ3n) is 4.22. The Morgan fingerprint density at radius 1 is 1.10 bits per heavy atom. The number of halogens is 1. The van der Waals surface area contributed by atoms with E-state index in [4.69, 9.17) is 4.42 Å². The molecule has 3 aromatic rings. The number of nitrogens with zero attached hydrogens (tertiary/aromatic N) is 3. The molecular formula is C21H27IN6O2. The molecule has 0 fully saturated rings. The molecule has 0 aliphatic rings. The zero-order valence-corrected chi connectivity index (χ0v) is 19.2. The molecule has 9 heteroatoms. The molecule has 2 aromatic heterocycles. The molecule has 30 heavy (non-hydrogen) atoms. The van der Waals surface area contributed by atoms with E-state index in [1.54, 1.807) is 18.5 Å². The minimum absolute atomic E-state index is 0. The summed E-state index contributed by atoms with van der Waals surface area (Å²) >= 11 is 0. The van der Waals surface area contributed by atoms with Crippen LogP contribution in [0, 0.1) is 0 Å². The molecule has 0 aliphatic carbocycles. The van der Waals surface area contributed by atoms with Crippen molar-refractivity contribution in [3.8, 4) is 0 Å². The third-order valence-corrected chi connectivity index (χ3v) is 4.22. The lowest BCUT2D eigenvalue weighted by Gasteiger charge is -2.12. The van der Waals surface area contributed by atoms with Gasteiger partial charge < -0.3 is 20.4 Å². The van der Waals surface area contributed by atoms with Crippen LogP contribution in [0.4, 0.5) is 0 Å². The predicted molar refractivity (Wildman–Crippen MR) is 127 cm³/mol. The van der Waals surface area contributed by atoms with Crippen LogP contribution >= 0.6 is 24.0 Å². The van der Waals surface area contributed by atoms with Crippen LogP contribution in [0.5, 0.6) is 0 Å². The Morgan fingerprint density at radius 2 is 1.93 bits per heavy atom. The maximum Gasteiger partial charge on any atom is 0.239 e. The van der Waals surface area contributed by atoms with Crippen molar-refractivity contribution in [1.29, 1.82) is 0 Å². The van der Waals surface area contributed by atoms with Gasteiger partial charge in [0.05, 0.1) is 32.4 Å². The largest absolute Gasteiger partial charge is 0.467 e. The van der Waals surface area contributed by atoms with Crippen LogP contribution in [0.1, 0.15) is 23.8 Å². The molecule has 1 aromatic carbocycles. The Balaban J connectivity index is 0.00000320. The van der Waals surface area contributed by atoms with E-state index in [9.17, 15) is 4.79 Å². The maximum atomic E-state index is 12.0. The molecule has 0 radical (unpaired) electrons. The molecule has 0 bridgehead atoms. The van der Waals surface area contributed by atoms with Crippen molar-refractivity contribution in [2.24, 2.45) is 4.99 Å². The Bertz CT molecular complexity index is 909. The van der Waals surface area contributed by atoms with Gasteiger partial charge in [0.1, 0.15) is 5.76 Å². The number of nitrogens with one attached hydrogen (secondary N) is 3. The van der Waals surface area contributed by atoms with Gasteiger partial charge in [-0.05, 0) is 36.2 Å². The van der Waals surface area contributed by atoms with E-state index in [0.29, 0.717) is 37.9 Å². The second-order valence-electron chi connectivity index (χ2n) is 6.38. The SMILES string of the molecule is CCNC(=NCc1ccccc1Cn1cccn1)NCC(=O)NCc1ccco1.I. The molecule has 0 saturated heterocycles. The van der Waals surface area contributed by atoms with Crippen LogP contribution in [0.3, 0.4) is 0 Å². The van der Waals surface area contributed by atoms with Crippen molar-refractivity contribution < 1.29 is 9.21 Å². The molecule has 3 N–H and O–H groups in total. The first kappa shape index (κ1) is 23.5. The lowest BCUT2D eigenvalue weighted by Crippen LogP contribution is -2.43. The minimum atomic E-state index is -0.133. The number of rotatable bonds is 9. The van der Waals surface area contributed by atoms with Crippen molar-refractivity contribution in [1.82, 2.24) is 25.7 Å². The van der Waals surface area contributed by atoms with Crippen molar-refractivity contribution in [2.45, 2.75) is 26.6 Å². The molecule has 0 unspecified atom stereocenters. The molecule has 160 valence electrons. The summed E-state index contributed by atoms with van der Waals surface area (Å²) < 4.78 is 7.09. The van der Waals surface area contributed by atoms with Gasteiger partial charge in [-0.1, -0.05) is 24.3 Å². The van der Waals surface area contributed by atoms with Crippen LogP contribution in [0.2, 0.25) is 0 Å². The Labute approximate surface area is 193 Å². The van der Waals surface area contributed by atoms with Gasteiger partial charge in [-0.2, -0.15) is 5.10 Å². The lowest BCUT2D eigenvalue weighted by atomic mass is 10.1. The summed E-state index contributed by atoms with van der Waals surface area (Å²) in [6, 6.07) is 13.7. The quantitative estimate of drug-likeness (QED) is 0.228. The standard InChI is InChI=1S/C21H26N6O2.HI/c1-2-22-21(25-15-20(28)23-14-19-9-5-12-29-19)24-13-17-7-3-4-8-18(17)16-27-11-6-10-26-27;/h3-12H,2,13-16H2,1H3,(H,23,28)(H2,22,24,25);1H. The summed E-state index contributed by atoms with van der Waals surface area (Å²) in [4.78, 5) is 16.7. The van der Waals surface area contributed by atoms with Gasteiger partial charge in [-0.25, -0.2) is 4.99 Å². The van der Waals surface area contributed by atoms with Gasteiger partial charge in [-0.15, -0.1) is 24.0 Å². The molecule has 0 spiro atoms. The van der Waals surface area contributed by atoms with Gasteiger partial charge in [-0.3, -0.25) is 9.48 Å². The second-order valence-corrected chi connectivity index (χ2v) is 6.38. The van der Waals surface area contributed by atoms with Crippen LogP contribution < -0.4 is 16.0 Å². The summed E-state index contributed by atoms with van der Waals surface area (Å²) in [6.45, 7) is 4.37. The summed E-state index contributed by atoms with van der Waals surface area (Å²) in [5.41, 5.74) is 2.27. The van der Waals surface area contributed by atoms with Crippen molar-refractivity contribution in [3.05, 3.63) is 78.0 Å². The van der Waals surface area contributed by atoms with Crippen LogP contribution in [-0.4, -0.2) is 34.7 Å². The number of hydrogen-bond donors (Lipinski definition) is 3. The smallest absolute Gasteiger partial charge is 0.239 e. The number of carbonyl (C=O) groups excluding carboxylic acids is 1. The maximum absolute atomic E-state index is 12.0.